The van der Waals surface area contributed by atoms with Gasteiger partial charge in [-0.3, -0.25) is 9.59 Å². The van der Waals surface area contributed by atoms with Gasteiger partial charge in [0.2, 0.25) is 0 Å². The molecule has 0 spiro atoms. The molecule has 2 fully saturated rings. The molecule has 2 amide bonds. The van der Waals surface area contributed by atoms with E-state index in [1.807, 2.05) is 0 Å². The van der Waals surface area contributed by atoms with Crippen LogP contribution >= 0.6 is 12.4 Å². The second-order valence-electron chi connectivity index (χ2n) is 6.30. The standard InChI is InChI=1S/C18H25N3O5.ClH/c1-24-14-9-12(18(23)21-6-3-4-7-21)13(10-15(14)25-2)20-17(22)16-11-19-5-8-26-16;/h9-10,16,19H,3-8,11H2,1-2H3,(H,20,22);1H. The zero-order valence-corrected chi connectivity index (χ0v) is 16.4. The fourth-order valence-electron chi connectivity index (χ4n) is 3.20. The first-order valence-electron chi connectivity index (χ1n) is 8.82. The molecule has 1 aromatic rings. The third kappa shape index (κ3) is 4.82. The van der Waals surface area contributed by atoms with E-state index >= 15 is 0 Å². The van der Waals surface area contributed by atoms with Crippen molar-refractivity contribution in [2.24, 2.45) is 0 Å². The number of carbonyl (C=O) groups is 2. The zero-order valence-electron chi connectivity index (χ0n) is 15.6. The fraction of sp³-hybridized carbons (Fsp3) is 0.556. The van der Waals surface area contributed by atoms with E-state index in [4.69, 9.17) is 14.2 Å². The number of amides is 2. The summed E-state index contributed by atoms with van der Waals surface area (Å²) in [6.07, 6.45) is 1.39. The molecular weight excluding hydrogens is 374 g/mol. The maximum atomic E-state index is 12.9. The number of morpholine rings is 1. The summed E-state index contributed by atoms with van der Waals surface area (Å²) in [6, 6.07) is 3.24. The lowest BCUT2D eigenvalue weighted by atomic mass is 10.1. The number of nitrogens with zero attached hydrogens (tertiary/aromatic N) is 1. The molecule has 0 saturated carbocycles. The van der Waals surface area contributed by atoms with E-state index in [0.717, 1.165) is 32.5 Å². The quantitative estimate of drug-likeness (QED) is 0.775. The monoisotopic (exact) mass is 399 g/mol. The van der Waals surface area contributed by atoms with Crippen molar-refractivity contribution in [2.75, 3.05) is 52.3 Å². The molecule has 2 aliphatic heterocycles. The predicted molar refractivity (Wildman–Crippen MR) is 103 cm³/mol. The molecule has 2 N–H and O–H groups in total. The van der Waals surface area contributed by atoms with Gasteiger partial charge in [-0.25, -0.2) is 0 Å². The van der Waals surface area contributed by atoms with Crippen LogP contribution in [0.15, 0.2) is 12.1 Å². The predicted octanol–water partition coefficient (Wildman–Crippen LogP) is 1.29. The van der Waals surface area contributed by atoms with Gasteiger partial charge in [0.15, 0.2) is 11.5 Å². The van der Waals surface area contributed by atoms with Crippen molar-refractivity contribution >= 4 is 29.9 Å². The number of ether oxygens (including phenoxy) is 3. The Balaban J connectivity index is 0.00000261. The van der Waals surface area contributed by atoms with Gasteiger partial charge < -0.3 is 29.7 Å². The minimum atomic E-state index is -0.591. The highest BCUT2D eigenvalue weighted by Crippen LogP contribution is 2.34. The van der Waals surface area contributed by atoms with E-state index in [1.165, 1.54) is 14.2 Å². The van der Waals surface area contributed by atoms with E-state index in [-0.39, 0.29) is 24.2 Å². The average Bonchev–Trinajstić information content (AvgIpc) is 3.22. The minimum Gasteiger partial charge on any atom is -0.493 e. The summed E-state index contributed by atoms with van der Waals surface area (Å²) in [6.45, 7) is 3.07. The molecule has 2 heterocycles. The highest BCUT2D eigenvalue weighted by molar-refractivity contribution is 6.05. The number of hydrogen-bond donors (Lipinski definition) is 2. The van der Waals surface area contributed by atoms with Crippen molar-refractivity contribution in [1.29, 1.82) is 0 Å². The topological polar surface area (TPSA) is 89.1 Å². The third-order valence-electron chi connectivity index (χ3n) is 4.63. The van der Waals surface area contributed by atoms with Gasteiger partial charge in [0.25, 0.3) is 11.8 Å². The van der Waals surface area contributed by atoms with Crippen LogP contribution in [-0.2, 0) is 9.53 Å². The number of nitrogens with one attached hydrogen (secondary N) is 2. The van der Waals surface area contributed by atoms with Crippen LogP contribution in [0.25, 0.3) is 0 Å². The van der Waals surface area contributed by atoms with Gasteiger partial charge in [0.1, 0.15) is 6.10 Å². The smallest absolute Gasteiger partial charge is 0.256 e. The Labute approximate surface area is 164 Å². The molecule has 150 valence electrons. The first kappa shape index (κ1) is 21.3. The molecule has 1 atom stereocenters. The Bertz CT molecular complexity index is 673. The van der Waals surface area contributed by atoms with Gasteiger partial charge >= 0.3 is 0 Å². The van der Waals surface area contributed by atoms with Crippen molar-refractivity contribution in [3.63, 3.8) is 0 Å². The summed E-state index contributed by atoms with van der Waals surface area (Å²) in [4.78, 5) is 27.3. The number of benzene rings is 1. The van der Waals surface area contributed by atoms with Gasteiger partial charge in [0, 0.05) is 32.2 Å². The average molecular weight is 400 g/mol. The van der Waals surface area contributed by atoms with Gasteiger partial charge in [-0.2, -0.15) is 0 Å². The number of hydrogen-bond acceptors (Lipinski definition) is 6. The van der Waals surface area contributed by atoms with Crippen LogP contribution in [0.2, 0.25) is 0 Å². The minimum absolute atomic E-state index is 0. The van der Waals surface area contributed by atoms with Crippen LogP contribution < -0.4 is 20.1 Å². The molecule has 2 aliphatic rings. The first-order valence-corrected chi connectivity index (χ1v) is 8.82. The molecule has 9 heteroatoms. The van der Waals surface area contributed by atoms with Crippen LogP contribution in [0.3, 0.4) is 0 Å². The van der Waals surface area contributed by atoms with Crippen LogP contribution in [0.4, 0.5) is 5.69 Å². The highest BCUT2D eigenvalue weighted by Gasteiger charge is 2.27. The highest BCUT2D eigenvalue weighted by atomic mass is 35.5. The number of carbonyl (C=O) groups excluding carboxylic acids is 2. The lowest BCUT2D eigenvalue weighted by Crippen LogP contribution is -2.45. The van der Waals surface area contributed by atoms with Crippen LogP contribution in [0.1, 0.15) is 23.2 Å². The number of likely N-dealkylation sites (tertiary alicyclic amines) is 1. The second-order valence-corrected chi connectivity index (χ2v) is 6.30. The van der Waals surface area contributed by atoms with Crippen LogP contribution in [0, 0.1) is 0 Å². The van der Waals surface area contributed by atoms with Gasteiger partial charge in [0.05, 0.1) is 32.1 Å². The zero-order chi connectivity index (χ0) is 18.5. The Morgan fingerprint density at radius 1 is 1.19 bits per heavy atom. The van der Waals surface area contributed by atoms with Crippen LogP contribution in [0.5, 0.6) is 11.5 Å². The summed E-state index contributed by atoms with van der Waals surface area (Å²) >= 11 is 0. The van der Waals surface area contributed by atoms with E-state index in [9.17, 15) is 9.59 Å². The molecule has 0 aliphatic carbocycles. The molecule has 3 rings (SSSR count). The number of halogens is 1. The lowest BCUT2D eigenvalue weighted by molar-refractivity contribution is -0.128. The van der Waals surface area contributed by atoms with Gasteiger partial charge in [-0.15, -0.1) is 12.4 Å². The maximum Gasteiger partial charge on any atom is 0.256 e. The maximum absolute atomic E-state index is 12.9. The van der Waals surface area contributed by atoms with E-state index in [0.29, 0.717) is 35.9 Å². The summed E-state index contributed by atoms with van der Waals surface area (Å²) in [7, 11) is 3.03. The Morgan fingerprint density at radius 3 is 2.44 bits per heavy atom. The number of anilines is 1. The third-order valence-corrected chi connectivity index (χ3v) is 4.63. The SMILES string of the molecule is COc1cc(NC(=O)C2CNCCO2)c(C(=O)N2CCCC2)cc1OC.Cl. The fourth-order valence-corrected chi connectivity index (χ4v) is 3.20. The van der Waals surface area contributed by atoms with Gasteiger partial charge in [-0.1, -0.05) is 0 Å². The van der Waals surface area contributed by atoms with E-state index in [1.54, 1.807) is 17.0 Å². The van der Waals surface area contributed by atoms with Crippen molar-refractivity contribution in [1.82, 2.24) is 10.2 Å². The summed E-state index contributed by atoms with van der Waals surface area (Å²) in [5.74, 6) is 0.480. The molecular formula is C18H26ClN3O5. The lowest BCUT2D eigenvalue weighted by Gasteiger charge is -2.24. The van der Waals surface area contributed by atoms with Crippen molar-refractivity contribution in [3.05, 3.63) is 17.7 Å². The van der Waals surface area contributed by atoms with Crippen molar-refractivity contribution in [3.8, 4) is 11.5 Å². The summed E-state index contributed by atoms with van der Waals surface area (Å²) in [5.41, 5.74) is 0.792. The largest absolute Gasteiger partial charge is 0.493 e. The van der Waals surface area contributed by atoms with Crippen molar-refractivity contribution in [2.45, 2.75) is 18.9 Å². The molecule has 0 radical (unpaired) electrons. The molecule has 2 saturated heterocycles. The molecule has 0 bridgehead atoms. The van der Waals surface area contributed by atoms with E-state index in [2.05, 4.69) is 10.6 Å². The summed E-state index contributed by atoms with van der Waals surface area (Å²) in [5, 5.41) is 5.94. The second kappa shape index (κ2) is 9.77. The molecule has 27 heavy (non-hydrogen) atoms. The van der Waals surface area contributed by atoms with Gasteiger partial charge in [-0.05, 0) is 18.9 Å². The Kier molecular flexibility index (Phi) is 7.70. The number of rotatable bonds is 5. The molecule has 0 aromatic heterocycles. The van der Waals surface area contributed by atoms with Crippen LogP contribution in [-0.4, -0.2) is 69.8 Å². The first-order chi connectivity index (χ1) is 12.6. The van der Waals surface area contributed by atoms with E-state index < -0.39 is 6.10 Å². The number of methoxy groups -OCH3 is 2. The Hall–Kier alpha value is -2.03. The Morgan fingerprint density at radius 2 is 1.85 bits per heavy atom. The van der Waals surface area contributed by atoms with Crippen molar-refractivity contribution < 1.29 is 23.8 Å². The normalized spacial score (nSPS) is 19.2. The molecule has 1 aromatic carbocycles. The molecule has 1 unspecified atom stereocenters. The molecule has 8 nitrogen and oxygen atoms in total. The summed E-state index contributed by atoms with van der Waals surface area (Å²) < 4.78 is 16.1.